The Hall–Kier alpha value is -0.980. The van der Waals surface area contributed by atoms with Crippen LogP contribution in [-0.2, 0) is 16.6 Å². The molecule has 22 heavy (non-hydrogen) atoms. The normalized spacial score (nSPS) is 27.0. The maximum atomic E-state index is 13.8. The predicted octanol–water partition coefficient (Wildman–Crippen LogP) is 2.07. The molecule has 1 atom stereocenters. The van der Waals surface area contributed by atoms with Crippen molar-refractivity contribution in [2.45, 2.75) is 26.3 Å². The lowest BCUT2D eigenvalue weighted by Gasteiger charge is -2.24. The molecule has 2 aliphatic heterocycles. The Bertz CT molecular complexity index is 649. The fourth-order valence-corrected chi connectivity index (χ4v) is 4.88. The fraction of sp³-hybridized carbons (Fsp3) is 0.625. The van der Waals surface area contributed by atoms with Gasteiger partial charge in [-0.15, -0.1) is 0 Å². The van der Waals surface area contributed by atoms with Crippen molar-refractivity contribution in [3.8, 4) is 0 Å². The summed E-state index contributed by atoms with van der Waals surface area (Å²) >= 11 is 0. The summed E-state index contributed by atoms with van der Waals surface area (Å²) < 4.78 is 39.4. The molecular formula is C16H23FN2O2S. The van der Waals surface area contributed by atoms with Crippen molar-refractivity contribution in [2.75, 3.05) is 31.9 Å². The lowest BCUT2D eigenvalue weighted by molar-refractivity contribution is 0.258. The molecule has 2 aliphatic rings. The zero-order chi connectivity index (χ0) is 15.8. The predicted molar refractivity (Wildman–Crippen MR) is 84.4 cm³/mol. The van der Waals surface area contributed by atoms with Gasteiger partial charge in [0.2, 0.25) is 10.0 Å². The molecule has 1 aromatic carbocycles. The molecule has 3 rings (SSSR count). The van der Waals surface area contributed by atoms with Crippen molar-refractivity contribution >= 4 is 10.0 Å². The molecule has 1 unspecified atom stereocenters. The van der Waals surface area contributed by atoms with Gasteiger partial charge in [-0.1, -0.05) is 18.2 Å². The molecule has 0 bridgehead atoms. The third-order valence-corrected chi connectivity index (χ3v) is 6.86. The van der Waals surface area contributed by atoms with E-state index in [2.05, 4.69) is 4.90 Å². The summed E-state index contributed by atoms with van der Waals surface area (Å²) in [6.07, 6.45) is 1.91. The molecule has 2 fully saturated rings. The van der Waals surface area contributed by atoms with Gasteiger partial charge in [0.25, 0.3) is 0 Å². The summed E-state index contributed by atoms with van der Waals surface area (Å²) in [6, 6.07) is 6.87. The number of likely N-dealkylation sites (tertiary alicyclic amines) is 1. The quantitative estimate of drug-likeness (QED) is 0.850. The summed E-state index contributed by atoms with van der Waals surface area (Å²) in [6.45, 7) is 5.32. The zero-order valence-electron chi connectivity index (χ0n) is 13.0. The Morgan fingerprint density at radius 1 is 1.18 bits per heavy atom. The van der Waals surface area contributed by atoms with Gasteiger partial charge in [-0.05, 0) is 37.8 Å². The van der Waals surface area contributed by atoms with Crippen LogP contribution in [0.1, 0.15) is 25.3 Å². The van der Waals surface area contributed by atoms with Crippen molar-refractivity contribution < 1.29 is 12.8 Å². The van der Waals surface area contributed by atoms with Crippen LogP contribution in [0.3, 0.4) is 0 Å². The van der Waals surface area contributed by atoms with E-state index in [-0.39, 0.29) is 17.0 Å². The van der Waals surface area contributed by atoms with E-state index in [9.17, 15) is 12.8 Å². The summed E-state index contributed by atoms with van der Waals surface area (Å²) in [7, 11) is -3.09. The Morgan fingerprint density at radius 2 is 1.91 bits per heavy atom. The van der Waals surface area contributed by atoms with E-state index in [4.69, 9.17) is 0 Å². The first-order valence-corrected chi connectivity index (χ1v) is 9.49. The van der Waals surface area contributed by atoms with Gasteiger partial charge in [-0.3, -0.25) is 4.90 Å². The molecule has 0 amide bonds. The van der Waals surface area contributed by atoms with E-state index < -0.39 is 10.0 Å². The van der Waals surface area contributed by atoms with E-state index in [1.165, 1.54) is 6.07 Å². The van der Waals surface area contributed by atoms with Crippen LogP contribution < -0.4 is 0 Å². The number of nitrogens with zero attached hydrogens (tertiary/aromatic N) is 2. The van der Waals surface area contributed by atoms with Gasteiger partial charge in [0.05, 0.1) is 5.75 Å². The largest absolute Gasteiger partial charge is 0.298 e. The Labute approximate surface area is 132 Å². The minimum absolute atomic E-state index is 0.0630. The van der Waals surface area contributed by atoms with Gasteiger partial charge < -0.3 is 0 Å². The second-order valence-corrected chi connectivity index (χ2v) is 8.79. The second kappa shape index (κ2) is 5.91. The molecule has 1 aromatic rings. The van der Waals surface area contributed by atoms with Crippen LogP contribution >= 0.6 is 0 Å². The van der Waals surface area contributed by atoms with Crippen LogP contribution in [0.4, 0.5) is 4.39 Å². The van der Waals surface area contributed by atoms with Gasteiger partial charge in [-0.25, -0.2) is 17.1 Å². The molecule has 2 heterocycles. The monoisotopic (exact) mass is 326 g/mol. The number of hydrogen-bond acceptors (Lipinski definition) is 3. The molecule has 0 aliphatic carbocycles. The third-order valence-electron chi connectivity index (χ3n) is 5.03. The van der Waals surface area contributed by atoms with Gasteiger partial charge in [0.1, 0.15) is 5.82 Å². The molecule has 6 heteroatoms. The summed E-state index contributed by atoms with van der Waals surface area (Å²) in [5, 5.41) is 0. The van der Waals surface area contributed by atoms with Crippen LogP contribution in [-0.4, -0.2) is 49.6 Å². The molecule has 0 radical (unpaired) electrons. The summed E-state index contributed by atoms with van der Waals surface area (Å²) in [5.41, 5.74) is 0.781. The van der Waals surface area contributed by atoms with E-state index in [1.807, 2.05) is 12.1 Å². The Morgan fingerprint density at radius 3 is 2.64 bits per heavy atom. The minimum Gasteiger partial charge on any atom is -0.298 e. The van der Waals surface area contributed by atoms with Gasteiger partial charge in [0.15, 0.2) is 0 Å². The first-order chi connectivity index (χ1) is 10.4. The highest BCUT2D eigenvalue weighted by atomic mass is 32.2. The number of hydrogen-bond donors (Lipinski definition) is 0. The van der Waals surface area contributed by atoms with E-state index in [0.29, 0.717) is 19.6 Å². The van der Waals surface area contributed by atoms with E-state index in [1.54, 1.807) is 17.3 Å². The molecule has 1 spiro atoms. The number of benzene rings is 1. The highest BCUT2D eigenvalue weighted by Gasteiger charge is 2.46. The highest BCUT2D eigenvalue weighted by molar-refractivity contribution is 7.89. The fourth-order valence-electron chi connectivity index (χ4n) is 3.68. The average Bonchev–Trinajstić information content (AvgIpc) is 3.10. The first-order valence-electron chi connectivity index (χ1n) is 7.88. The van der Waals surface area contributed by atoms with Crippen molar-refractivity contribution in [3.05, 3.63) is 35.6 Å². The van der Waals surface area contributed by atoms with Crippen LogP contribution in [0, 0.1) is 11.2 Å². The molecular weight excluding hydrogens is 303 g/mol. The van der Waals surface area contributed by atoms with Gasteiger partial charge in [-0.2, -0.15) is 0 Å². The average molecular weight is 326 g/mol. The van der Waals surface area contributed by atoms with E-state index >= 15 is 0 Å². The van der Waals surface area contributed by atoms with Crippen LogP contribution in [0.15, 0.2) is 24.3 Å². The van der Waals surface area contributed by atoms with E-state index in [0.717, 1.165) is 31.5 Å². The highest BCUT2D eigenvalue weighted by Crippen LogP contribution is 2.40. The van der Waals surface area contributed by atoms with Crippen molar-refractivity contribution in [1.82, 2.24) is 9.21 Å². The molecule has 0 N–H and O–H groups in total. The third kappa shape index (κ3) is 3.05. The standard InChI is InChI=1S/C16H23FN2O2S/c1-2-22(20,21)19-10-8-16(13-19)7-9-18(12-16)11-14-5-3-4-6-15(14)17/h3-6H,2,7-13H2,1H3. The van der Waals surface area contributed by atoms with Gasteiger partial charge in [0, 0.05) is 31.7 Å². The van der Waals surface area contributed by atoms with Crippen LogP contribution in [0.2, 0.25) is 0 Å². The van der Waals surface area contributed by atoms with Crippen molar-refractivity contribution in [1.29, 1.82) is 0 Å². The van der Waals surface area contributed by atoms with Crippen LogP contribution in [0.25, 0.3) is 0 Å². The molecule has 0 saturated carbocycles. The maximum absolute atomic E-state index is 13.8. The lowest BCUT2D eigenvalue weighted by Crippen LogP contribution is -2.34. The first kappa shape index (κ1) is 15.9. The molecule has 4 nitrogen and oxygen atoms in total. The second-order valence-electron chi connectivity index (χ2n) is 6.54. The SMILES string of the molecule is CCS(=O)(=O)N1CCC2(CCN(Cc3ccccc3F)C2)C1. The Kier molecular flexibility index (Phi) is 4.27. The number of sulfonamides is 1. The maximum Gasteiger partial charge on any atom is 0.213 e. The van der Waals surface area contributed by atoms with Gasteiger partial charge >= 0.3 is 0 Å². The summed E-state index contributed by atoms with van der Waals surface area (Å²) in [5.74, 6) is 0.00669. The van der Waals surface area contributed by atoms with Crippen LogP contribution in [0.5, 0.6) is 0 Å². The lowest BCUT2D eigenvalue weighted by atomic mass is 9.86. The minimum atomic E-state index is -3.09. The molecule has 0 aromatic heterocycles. The smallest absolute Gasteiger partial charge is 0.213 e. The van der Waals surface area contributed by atoms with Crippen molar-refractivity contribution in [2.24, 2.45) is 5.41 Å². The molecule has 2 saturated heterocycles. The topological polar surface area (TPSA) is 40.6 Å². The van der Waals surface area contributed by atoms with Crippen molar-refractivity contribution in [3.63, 3.8) is 0 Å². The number of rotatable bonds is 4. The molecule has 122 valence electrons. The zero-order valence-corrected chi connectivity index (χ0v) is 13.8. The Balaban J connectivity index is 1.65. The summed E-state index contributed by atoms with van der Waals surface area (Å²) in [4.78, 5) is 2.25. The number of halogens is 1.